The molecule has 30 heavy (non-hydrogen) atoms. The van der Waals surface area contributed by atoms with E-state index >= 15 is 0 Å². The highest BCUT2D eigenvalue weighted by atomic mass is 32.1. The van der Waals surface area contributed by atoms with E-state index in [-0.39, 0.29) is 24.1 Å². The van der Waals surface area contributed by atoms with Crippen molar-refractivity contribution in [2.75, 3.05) is 11.9 Å². The van der Waals surface area contributed by atoms with E-state index in [1.54, 1.807) is 36.6 Å². The number of aryl methyl sites for hydroxylation is 1. The van der Waals surface area contributed by atoms with Gasteiger partial charge in [-0.05, 0) is 37.6 Å². The van der Waals surface area contributed by atoms with Crippen molar-refractivity contribution < 1.29 is 18.8 Å². The van der Waals surface area contributed by atoms with Crippen molar-refractivity contribution >= 4 is 34.2 Å². The van der Waals surface area contributed by atoms with E-state index < -0.39 is 0 Å². The molecule has 0 fully saturated rings. The molecule has 2 heterocycles. The Bertz CT molecular complexity index is 1060. The zero-order valence-corrected chi connectivity index (χ0v) is 17.5. The van der Waals surface area contributed by atoms with Crippen LogP contribution in [0.2, 0.25) is 0 Å². The van der Waals surface area contributed by atoms with Crippen LogP contribution in [-0.2, 0) is 17.8 Å². The molecule has 0 radical (unpaired) electrons. The molecule has 0 aliphatic heterocycles. The standard InChI is InChI=1S/C21H22N4O4S/c1-3-22-19(27)15-6-4-5-14(9-15)11-23-18(26)10-16-12-30-21(24-16)25-20(28)17-7-8-29-13(17)2/h4-9,12H,3,10-11H2,1-2H3,(H,22,27)(H,23,26)(H,24,25,28). The molecule has 3 N–H and O–H groups in total. The molecule has 3 rings (SSSR count). The van der Waals surface area contributed by atoms with Gasteiger partial charge in [-0.1, -0.05) is 12.1 Å². The Balaban J connectivity index is 1.51. The Morgan fingerprint density at radius 3 is 2.70 bits per heavy atom. The van der Waals surface area contributed by atoms with Gasteiger partial charge in [0.1, 0.15) is 5.76 Å². The number of rotatable bonds is 8. The Morgan fingerprint density at radius 2 is 1.97 bits per heavy atom. The summed E-state index contributed by atoms with van der Waals surface area (Å²) in [6, 6.07) is 8.69. The number of furan rings is 1. The van der Waals surface area contributed by atoms with Crippen LogP contribution in [0, 0.1) is 6.92 Å². The van der Waals surface area contributed by atoms with Crippen LogP contribution in [0.1, 0.15) is 44.7 Å². The molecule has 3 aromatic rings. The highest BCUT2D eigenvalue weighted by molar-refractivity contribution is 7.14. The van der Waals surface area contributed by atoms with E-state index in [1.807, 2.05) is 13.0 Å². The van der Waals surface area contributed by atoms with Crippen LogP contribution < -0.4 is 16.0 Å². The maximum atomic E-state index is 12.2. The number of hydrogen-bond donors (Lipinski definition) is 3. The summed E-state index contributed by atoms with van der Waals surface area (Å²) in [4.78, 5) is 40.6. The summed E-state index contributed by atoms with van der Waals surface area (Å²) in [5.41, 5.74) is 2.39. The first-order valence-corrected chi connectivity index (χ1v) is 10.3. The number of hydrogen-bond acceptors (Lipinski definition) is 6. The first kappa shape index (κ1) is 21.3. The molecule has 8 nitrogen and oxygen atoms in total. The van der Waals surface area contributed by atoms with Crippen molar-refractivity contribution in [3.63, 3.8) is 0 Å². The predicted octanol–water partition coefficient (Wildman–Crippen LogP) is 2.91. The van der Waals surface area contributed by atoms with Gasteiger partial charge in [0.2, 0.25) is 5.91 Å². The van der Waals surface area contributed by atoms with E-state index in [1.165, 1.54) is 17.6 Å². The molecular formula is C21H22N4O4S. The van der Waals surface area contributed by atoms with Crippen molar-refractivity contribution in [1.82, 2.24) is 15.6 Å². The lowest BCUT2D eigenvalue weighted by Gasteiger charge is -2.07. The smallest absolute Gasteiger partial charge is 0.260 e. The molecule has 2 aromatic heterocycles. The maximum absolute atomic E-state index is 12.2. The minimum Gasteiger partial charge on any atom is -0.469 e. The number of aromatic nitrogens is 1. The molecule has 156 valence electrons. The Hall–Kier alpha value is -3.46. The highest BCUT2D eigenvalue weighted by Gasteiger charge is 2.14. The molecule has 0 aliphatic carbocycles. The number of thiazole rings is 1. The largest absolute Gasteiger partial charge is 0.469 e. The zero-order valence-electron chi connectivity index (χ0n) is 16.7. The summed E-state index contributed by atoms with van der Waals surface area (Å²) in [5.74, 6) is -0.126. The van der Waals surface area contributed by atoms with Crippen LogP contribution >= 0.6 is 11.3 Å². The van der Waals surface area contributed by atoms with E-state index in [4.69, 9.17) is 4.42 Å². The van der Waals surface area contributed by atoms with E-state index in [0.29, 0.717) is 40.8 Å². The highest BCUT2D eigenvalue weighted by Crippen LogP contribution is 2.18. The minimum atomic E-state index is -0.307. The van der Waals surface area contributed by atoms with Gasteiger partial charge in [0.15, 0.2) is 5.13 Å². The van der Waals surface area contributed by atoms with Crippen molar-refractivity contribution in [2.45, 2.75) is 26.8 Å². The molecule has 0 saturated heterocycles. The van der Waals surface area contributed by atoms with Gasteiger partial charge >= 0.3 is 0 Å². The van der Waals surface area contributed by atoms with Crippen LogP contribution in [-0.4, -0.2) is 29.3 Å². The molecule has 0 saturated carbocycles. The molecular weight excluding hydrogens is 404 g/mol. The van der Waals surface area contributed by atoms with Crippen LogP contribution in [0.5, 0.6) is 0 Å². The quantitative estimate of drug-likeness (QED) is 0.513. The third kappa shape index (κ3) is 5.54. The third-order valence-electron chi connectivity index (χ3n) is 4.23. The maximum Gasteiger partial charge on any atom is 0.260 e. The van der Waals surface area contributed by atoms with Gasteiger partial charge in [0.25, 0.3) is 11.8 Å². The first-order chi connectivity index (χ1) is 14.5. The van der Waals surface area contributed by atoms with Gasteiger partial charge in [-0.2, -0.15) is 0 Å². The number of anilines is 1. The van der Waals surface area contributed by atoms with Crippen LogP contribution in [0.15, 0.2) is 46.4 Å². The van der Waals surface area contributed by atoms with Crippen molar-refractivity contribution in [2.24, 2.45) is 0 Å². The lowest BCUT2D eigenvalue weighted by atomic mass is 10.1. The average molecular weight is 426 g/mol. The molecule has 3 amide bonds. The van der Waals surface area contributed by atoms with Gasteiger partial charge < -0.3 is 15.1 Å². The number of nitrogens with zero attached hydrogens (tertiary/aromatic N) is 1. The molecule has 0 spiro atoms. The molecule has 0 unspecified atom stereocenters. The fourth-order valence-electron chi connectivity index (χ4n) is 2.74. The number of nitrogens with one attached hydrogen (secondary N) is 3. The SMILES string of the molecule is CCNC(=O)c1cccc(CNC(=O)Cc2csc(NC(=O)c3ccoc3C)n2)c1. The molecule has 1 aromatic carbocycles. The van der Waals surface area contributed by atoms with Gasteiger partial charge in [0.05, 0.1) is 23.9 Å². The third-order valence-corrected chi connectivity index (χ3v) is 5.04. The summed E-state index contributed by atoms with van der Waals surface area (Å²) in [5, 5.41) is 10.4. The number of amides is 3. The number of carbonyl (C=O) groups is 3. The van der Waals surface area contributed by atoms with E-state index in [9.17, 15) is 14.4 Å². The van der Waals surface area contributed by atoms with Gasteiger partial charge in [-0.25, -0.2) is 4.98 Å². The van der Waals surface area contributed by atoms with Crippen LogP contribution in [0.25, 0.3) is 0 Å². The van der Waals surface area contributed by atoms with Gasteiger partial charge in [-0.3, -0.25) is 19.7 Å². The molecule has 9 heteroatoms. The van der Waals surface area contributed by atoms with Crippen LogP contribution in [0.4, 0.5) is 5.13 Å². The number of carbonyl (C=O) groups excluding carboxylic acids is 3. The second kappa shape index (κ2) is 9.84. The fraction of sp³-hybridized carbons (Fsp3) is 0.238. The van der Waals surface area contributed by atoms with E-state index in [2.05, 4.69) is 20.9 Å². The summed E-state index contributed by atoms with van der Waals surface area (Å²) < 4.78 is 5.12. The minimum absolute atomic E-state index is 0.0904. The van der Waals surface area contributed by atoms with Gasteiger partial charge in [-0.15, -0.1) is 11.3 Å². The molecule has 0 atom stereocenters. The topological polar surface area (TPSA) is 113 Å². The van der Waals surface area contributed by atoms with Crippen molar-refractivity contribution in [3.05, 3.63) is 70.1 Å². The summed E-state index contributed by atoms with van der Waals surface area (Å²) in [7, 11) is 0. The molecule has 0 bridgehead atoms. The van der Waals surface area contributed by atoms with Crippen molar-refractivity contribution in [3.8, 4) is 0 Å². The first-order valence-electron chi connectivity index (χ1n) is 9.40. The average Bonchev–Trinajstić information content (AvgIpc) is 3.35. The predicted molar refractivity (Wildman–Crippen MR) is 114 cm³/mol. The summed E-state index contributed by atoms with van der Waals surface area (Å²) in [6.45, 7) is 4.42. The lowest BCUT2D eigenvalue weighted by Crippen LogP contribution is -2.25. The zero-order chi connectivity index (χ0) is 21.5. The normalized spacial score (nSPS) is 10.5. The second-order valence-electron chi connectivity index (χ2n) is 6.50. The monoisotopic (exact) mass is 426 g/mol. The Labute approximate surface area is 177 Å². The van der Waals surface area contributed by atoms with Crippen LogP contribution in [0.3, 0.4) is 0 Å². The lowest BCUT2D eigenvalue weighted by molar-refractivity contribution is -0.120. The van der Waals surface area contributed by atoms with Crippen molar-refractivity contribution in [1.29, 1.82) is 0 Å². The second-order valence-corrected chi connectivity index (χ2v) is 7.36. The number of benzene rings is 1. The Kier molecular flexibility index (Phi) is 6.97. The summed E-state index contributed by atoms with van der Waals surface area (Å²) >= 11 is 1.25. The van der Waals surface area contributed by atoms with Gasteiger partial charge in [0, 0.05) is 24.0 Å². The molecule has 0 aliphatic rings. The summed E-state index contributed by atoms with van der Waals surface area (Å²) in [6.07, 6.45) is 1.54. The van der Waals surface area contributed by atoms with E-state index in [0.717, 1.165) is 5.56 Å². The fourth-order valence-corrected chi connectivity index (χ4v) is 3.45. The Morgan fingerprint density at radius 1 is 1.13 bits per heavy atom.